The molecule has 0 radical (unpaired) electrons. The van der Waals surface area contributed by atoms with Gasteiger partial charge in [-0.1, -0.05) is 38.5 Å². The normalized spacial score (nSPS) is 18.0. The lowest BCUT2D eigenvalue weighted by Gasteiger charge is -2.25. The Morgan fingerprint density at radius 1 is 1.12 bits per heavy atom. The van der Waals surface area contributed by atoms with E-state index in [1.165, 1.54) is 60.7 Å². The summed E-state index contributed by atoms with van der Waals surface area (Å²) < 4.78 is 2.16. The first-order chi connectivity index (χ1) is 11.7. The molecule has 24 heavy (non-hydrogen) atoms. The van der Waals surface area contributed by atoms with E-state index >= 15 is 0 Å². The zero-order valence-corrected chi connectivity index (χ0v) is 14.9. The molecule has 1 N–H and O–H groups in total. The highest BCUT2D eigenvalue weighted by atomic mass is 15.4. The molecule has 0 amide bonds. The number of anilines is 1. The van der Waals surface area contributed by atoms with Crippen LogP contribution in [-0.2, 0) is 13.0 Å². The Morgan fingerprint density at radius 3 is 2.71 bits per heavy atom. The second-order valence-electron chi connectivity index (χ2n) is 7.41. The molecule has 1 fully saturated rings. The van der Waals surface area contributed by atoms with Crippen LogP contribution < -0.4 is 5.32 Å². The molecule has 1 saturated heterocycles. The van der Waals surface area contributed by atoms with Gasteiger partial charge in [0.2, 0.25) is 0 Å². The largest absolute Gasteiger partial charge is 0.369 e. The van der Waals surface area contributed by atoms with Crippen LogP contribution in [0.15, 0.2) is 24.3 Å². The van der Waals surface area contributed by atoms with Crippen molar-refractivity contribution in [1.82, 2.24) is 14.7 Å². The van der Waals surface area contributed by atoms with Gasteiger partial charge in [0.15, 0.2) is 0 Å². The molecular formula is C20H28N4. The summed E-state index contributed by atoms with van der Waals surface area (Å²) in [6, 6.07) is 8.68. The molecule has 0 atom stereocenters. The van der Waals surface area contributed by atoms with Gasteiger partial charge in [-0.2, -0.15) is 5.10 Å². The van der Waals surface area contributed by atoms with Crippen molar-refractivity contribution in [1.29, 1.82) is 0 Å². The van der Waals surface area contributed by atoms with Crippen molar-refractivity contribution in [2.24, 2.45) is 0 Å². The first-order valence-electron chi connectivity index (χ1n) is 9.40. The quantitative estimate of drug-likeness (QED) is 0.924. The summed E-state index contributed by atoms with van der Waals surface area (Å²) >= 11 is 0. The minimum atomic E-state index is 0.494. The van der Waals surface area contributed by atoms with E-state index in [1.54, 1.807) is 0 Å². The van der Waals surface area contributed by atoms with Crippen LogP contribution in [-0.4, -0.2) is 34.3 Å². The van der Waals surface area contributed by atoms with Crippen molar-refractivity contribution in [2.45, 2.75) is 52.0 Å². The number of para-hydroxylation sites is 1. The maximum Gasteiger partial charge on any atom is 0.133 e. The standard InChI is InChI=1S/C20H28N4/c1-15(2)16-8-4-5-9-19(16)24-20-17(10-11-21-20)18(22-24)14-23-12-6-3-7-13-23/h4-5,8-9,15,21H,3,6-7,10-14H2,1-2H3. The molecule has 0 bridgehead atoms. The predicted molar refractivity (Wildman–Crippen MR) is 99.0 cm³/mol. The van der Waals surface area contributed by atoms with Gasteiger partial charge in [0.1, 0.15) is 5.82 Å². The number of rotatable bonds is 4. The molecule has 128 valence electrons. The summed E-state index contributed by atoms with van der Waals surface area (Å²) in [6.45, 7) is 8.98. The zero-order chi connectivity index (χ0) is 16.5. The van der Waals surface area contributed by atoms with Gasteiger partial charge >= 0.3 is 0 Å². The van der Waals surface area contributed by atoms with Crippen molar-refractivity contribution >= 4 is 5.82 Å². The van der Waals surface area contributed by atoms with Gasteiger partial charge in [-0.05, 0) is 49.9 Å². The maximum atomic E-state index is 5.05. The second kappa shape index (κ2) is 6.60. The van der Waals surface area contributed by atoms with Crippen LogP contribution in [0.3, 0.4) is 0 Å². The predicted octanol–water partition coefficient (Wildman–Crippen LogP) is 3.95. The van der Waals surface area contributed by atoms with Crippen molar-refractivity contribution in [3.05, 3.63) is 41.1 Å². The summed E-state index contributed by atoms with van der Waals surface area (Å²) in [5.74, 6) is 1.71. The highest BCUT2D eigenvalue weighted by Gasteiger charge is 2.25. The van der Waals surface area contributed by atoms with E-state index in [2.05, 4.69) is 53.0 Å². The average molecular weight is 324 g/mol. The number of hydrogen-bond acceptors (Lipinski definition) is 3. The molecule has 4 rings (SSSR count). The van der Waals surface area contributed by atoms with Gasteiger partial charge in [0.25, 0.3) is 0 Å². The van der Waals surface area contributed by atoms with Gasteiger partial charge in [-0.3, -0.25) is 4.90 Å². The van der Waals surface area contributed by atoms with E-state index < -0.39 is 0 Å². The van der Waals surface area contributed by atoms with E-state index in [0.717, 1.165) is 19.5 Å². The lowest BCUT2D eigenvalue weighted by molar-refractivity contribution is 0.217. The third-order valence-corrected chi connectivity index (χ3v) is 5.34. The molecule has 0 spiro atoms. The third kappa shape index (κ3) is 2.84. The Hall–Kier alpha value is -1.81. The minimum Gasteiger partial charge on any atom is -0.369 e. The number of piperidine rings is 1. The molecule has 0 aliphatic carbocycles. The fourth-order valence-electron chi connectivity index (χ4n) is 4.05. The van der Waals surface area contributed by atoms with Gasteiger partial charge in [0, 0.05) is 18.7 Å². The zero-order valence-electron chi connectivity index (χ0n) is 14.9. The molecule has 2 aliphatic rings. The Kier molecular flexibility index (Phi) is 4.31. The molecule has 2 aromatic rings. The topological polar surface area (TPSA) is 33.1 Å². The van der Waals surface area contributed by atoms with E-state index in [9.17, 15) is 0 Å². The van der Waals surface area contributed by atoms with Gasteiger partial charge < -0.3 is 5.32 Å². The number of fused-ring (bicyclic) bond motifs is 1. The second-order valence-corrected chi connectivity index (χ2v) is 7.41. The van der Waals surface area contributed by atoms with Crippen molar-refractivity contribution < 1.29 is 0 Å². The molecule has 2 aliphatic heterocycles. The Balaban J connectivity index is 1.71. The average Bonchev–Trinajstić information content (AvgIpc) is 3.20. The third-order valence-electron chi connectivity index (χ3n) is 5.34. The molecule has 0 saturated carbocycles. The number of nitrogens with one attached hydrogen (secondary N) is 1. The number of nitrogens with zero attached hydrogens (tertiary/aromatic N) is 3. The van der Waals surface area contributed by atoms with E-state index in [-0.39, 0.29) is 0 Å². The van der Waals surface area contributed by atoms with E-state index in [4.69, 9.17) is 5.10 Å². The summed E-state index contributed by atoms with van der Waals surface area (Å²) in [7, 11) is 0. The van der Waals surface area contributed by atoms with Crippen LogP contribution in [0.5, 0.6) is 0 Å². The monoisotopic (exact) mass is 324 g/mol. The van der Waals surface area contributed by atoms with E-state index in [1.807, 2.05) is 0 Å². The van der Waals surface area contributed by atoms with Crippen LogP contribution in [0.4, 0.5) is 5.82 Å². The van der Waals surface area contributed by atoms with E-state index in [0.29, 0.717) is 5.92 Å². The molecule has 1 aromatic heterocycles. The van der Waals surface area contributed by atoms with Crippen LogP contribution in [0, 0.1) is 0 Å². The van der Waals surface area contributed by atoms with Crippen LogP contribution in [0.2, 0.25) is 0 Å². The summed E-state index contributed by atoms with van der Waals surface area (Å²) in [4.78, 5) is 2.57. The molecular weight excluding hydrogens is 296 g/mol. The fourth-order valence-corrected chi connectivity index (χ4v) is 4.05. The van der Waals surface area contributed by atoms with Crippen LogP contribution in [0.1, 0.15) is 55.8 Å². The molecule has 4 nitrogen and oxygen atoms in total. The lowest BCUT2D eigenvalue weighted by Crippen LogP contribution is -2.29. The number of likely N-dealkylation sites (tertiary alicyclic amines) is 1. The molecule has 1 aromatic carbocycles. The van der Waals surface area contributed by atoms with Crippen molar-refractivity contribution in [2.75, 3.05) is 25.0 Å². The SMILES string of the molecule is CC(C)c1ccccc1-n1nc(CN2CCCCC2)c2c1NCC2. The Labute approximate surface area is 144 Å². The fraction of sp³-hybridized carbons (Fsp3) is 0.550. The number of hydrogen-bond donors (Lipinski definition) is 1. The highest BCUT2D eigenvalue weighted by molar-refractivity contribution is 5.58. The number of benzene rings is 1. The Morgan fingerprint density at radius 2 is 1.92 bits per heavy atom. The summed E-state index contributed by atoms with van der Waals surface area (Å²) in [6.07, 6.45) is 5.14. The molecule has 0 unspecified atom stereocenters. The van der Waals surface area contributed by atoms with Gasteiger partial charge in [0.05, 0.1) is 11.4 Å². The van der Waals surface area contributed by atoms with Crippen molar-refractivity contribution in [3.63, 3.8) is 0 Å². The maximum absolute atomic E-state index is 5.05. The highest BCUT2D eigenvalue weighted by Crippen LogP contribution is 2.32. The smallest absolute Gasteiger partial charge is 0.133 e. The summed E-state index contributed by atoms with van der Waals surface area (Å²) in [5, 5.41) is 8.62. The summed E-state index contributed by atoms with van der Waals surface area (Å²) in [5.41, 5.74) is 5.29. The minimum absolute atomic E-state index is 0.494. The van der Waals surface area contributed by atoms with Gasteiger partial charge in [-0.15, -0.1) is 0 Å². The van der Waals surface area contributed by atoms with Crippen LogP contribution in [0.25, 0.3) is 5.69 Å². The molecule has 4 heteroatoms. The van der Waals surface area contributed by atoms with Crippen molar-refractivity contribution in [3.8, 4) is 5.69 Å². The number of aromatic nitrogens is 2. The molecule has 3 heterocycles. The Bertz CT molecular complexity index is 710. The van der Waals surface area contributed by atoms with Gasteiger partial charge in [-0.25, -0.2) is 4.68 Å². The van der Waals surface area contributed by atoms with Crippen LogP contribution >= 0.6 is 0 Å². The lowest BCUT2D eigenvalue weighted by atomic mass is 10.0. The first kappa shape index (κ1) is 15.7. The first-order valence-corrected chi connectivity index (χ1v) is 9.40.